The van der Waals surface area contributed by atoms with Crippen molar-refractivity contribution in [2.45, 2.75) is 33.2 Å². The summed E-state index contributed by atoms with van der Waals surface area (Å²) in [5.74, 6) is 0.182. The lowest BCUT2D eigenvalue weighted by molar-refractivity contribution is 0.405. The van der Waals surface area contributed by atoms with Crippen molar-refractivity contribution in [3.8, 4) is 22.8 Å². The summed E-state index contributed by atoms with van der Waals surface area (Å²) >= 11 is 0. The smallest absolute Gasteiger partial charge is 0.251 e. The van der Waals surface area contributed by atoms with Crippen LogP contribution in [-0.4, -0.2) is 36.5 Å². The van der Waals surface area contributed by atoms with Crippen LogP contribution >= 0.6 is 0 Å². The fourth-order valence-corrected chi connectivity index (χ4v) is 2.90. The summed E-state index contributed by atoms with van der Waals surface area (Å²) in [4.78, 5) is 13.0. The molecule has 3 aromatic rings. The van der Waals surface area contributed by atoms with Gasteiger partial charge in [-0.15, -0.1) is 0 Å². The topological polar surface area (TPSA) is 79.8 Å². The van der Waals surface area contributed by atoms with Gasteiger partial charge in [-0.3, -0.25) is 9.48 Å². The first-order valence-corrected chi connectivity index (χ1v) is 9.76. The van der Waals surface area contributed by atoms with Gasteiger partial charge in [0.25, 0.3) is 5.43 Å². The predicted molar refractivity (Wildman–Crippen MR) is 118 cm³/mol. The Kier molecular flexibility index (Phi) is 6.46. The molecule has 0 aliphatic carbocycles. The number of allylic oxidation sites excluding steroid dienone is 5. The summed E-state index contributed by atoms with van der Waals surface area (Å²) in [5.41, 5.74) is 1.89. The molecule has 0 bridgehead atoms. The maximum Gasteiger partial charge on any atom is 0.251 e. The molecule has 156 valence electrons. The Balaban J connectivity index is 2.17. The zero-order valence-corrected chi connectivity index (χ0v) is 17.7. The summed E-state index contributed by atoms with van der Waals surface area (Å²) < 4.78 is 10.4. The Hall–Kier alpha value is -3.68. The lowest BCUT2D eigenvalue weighted by Gasteiger charge is -2.11. The highest BCUT2D eigenvalue weighted by molar-refractivity contribution is 5.67. The molecule has 0 spiro atoms. The van der Waals surface area contributed by atoms with E-state index in [1.165, 1.54) is 7.11 Å². The van der Waals surface area contributed by atoms with Gasteiger partial charge in [0.2, 0.25) is 0 Å². The lowest BCUT2D eigenvalue weighted by atomic mass is 10.2. The molecule has 0 N–H and O–H groups in total. The quantitative estimate of drug-likeness (QED) is 0.531. The second-order valence-corrected chi connectivity index (χ2v) is 6.71. The van der Waals surface area contributed by atoms with Crippen LogP contribution in [-0.2, 0) is 0 Å². The molecular formula is C22H26N6O2. The van der Waals surface area contributed by atoms with Crippen LogP contribution in [0.25, 0.3) is 22.8 Å². The molecule has 0 radical (unpaired) electrons. The first kappa shape index (κ1) is 21.0. The molecule has 0 amide bonds. The van der Waals surface area contributed by atoms with Crippen LogP contribution in [0.3, 0.4) is 0 Å². The van der Waals surface area contributed by atoms with Crippen molar-refractivity contribution < 1.29 is 4.74 Å². The van der Waals surface area contributed by atoms with Crippen LogP contribution in [0.5, 0.6) is 5.75 Å². The van der Waals surface area contributed by atoms with Crippen molar-refractivity contribution in [1.29, 1.82) is 0 Å². The highest BCUT2D eigenvalue weighted by atomic mass is 16.5. The van der Waals surface area contributed by atoms with Crippen LogP contribution in [0.15, 0.2) is 66.5 Å². The van der Waals surface area contributed by atoms with Gasteiger partial charge in [-0.1, -0.05) is 25.7 Å². The Morgan fingerprint density at radius 2 is 2.13 bits per heavy atom. The average molecular weight is 406 g/mol. The maximum absolute atomic E-state index is 13.0. The van der Waals surface area contributed by atoms with E-state index in [2.05, 4.69) is 35.7 Å². The van der Waals surface area contributed by atoms with Gasteiger partial charge in [-0.2, -0.15) is 15.3 Å². The summed E-state index contributed by atoms with van der Waals surface area (Å²) in [6.45, 7) is 9.96. The molecule has 8 nitrogen and oxygen atoms in total. The van der Waals surface area contributed by atoms with Gasteiger partial charge in [0.05, 0.1) is 43.3 Å². The fraction of sp³-hybridized carbons (Fsp3) is 0.273. The Morgan fingerprint density at radius 3 is 2.80 bits per heavy atom. The summed E-state index contributed by atoms with van der Waals surface area (Å²) in [6.07, 6.45) is 15.1. The van der Waals surface area contributed by atoms with Crippen molar-refractivity contribution in [2.75, 3.05) is 7.11 Å². The number of nitrogens with zero attached hydrogens (tertiary/aromatic N) is 6. The molecule has 0 aliphatic heterocycles. The van der Waals surface area contributed by atoms with Gasteiger partial charge in [-0.05, 0) is 38.5 Å². The molecule has 3 heterocycles. The van der Waals surface area contributed by atoms with Gasteiger partial charge < -0.3 is 4.74 Å². The lowest BCUT2D eigenvalue weighted by Crippen LogP contribution is -2.17. The molecule has 0 aromatic carbocycles. The molecule has 0 fully saturated rings. The van der Waals surface area contributed by atoms with E-state index < -0.39 is 0 Å². The molecule has 1 atom stereocenters. The highest BCUT2D eigenvalue weighted by Gasteiger charge is 2.18. The Labute approximate surface area is 175 Å². The molecule has 8 heteroatoms. The van der Waals surface area contributed by atoms with Gasteiger partial charge in [-0.25, -0.2) is 9.36 Å². The molecule has 0 saturated heterocycles. The molecule has 3 aromatic heterocycles. The third-order valence-corrected chi connectivity index (χ3v) is 4.80. The number of rotatable bonds is 8. The first-order chi connectivity index (χ1) is 14.5. The first-order valence-electron chi connectivity index (χ1n) is 9.76. The SMILES string of the molecule is C=C/C(=C\C=C/C)n1nccc1-c1nn(-c2cnn(C(C)CC)c2)cc(OC)c1=O. The molecule has 0 saturated carbocycles. The third kappa shape index (κ3) is 4.03. The zero-order valence-electron chi connectivity index (χ0n) is 17.7. The molecule has 0 aliphatic rings. The number of hydrogen-bond acceptors (Lipinski definition) is 5. The van der Waals surface area contributed by atoms with E-state index in [9.17, 15) is 4.79 Å². The van der Waals surface area contributed by atoms with Gasteiger partial charge >= 0.3 is 0 Å². The largest absolute Gasteiger partial charge is 0.491 e. The predicted octanol–water partition coefficient (Wildman–Crippen LogP) is 3.88. The molecule has 1 unspecified atom stereocenters. The second kappa shape index (κ2) is 9.21. The maximum atomic E-state index is 13.0. The van der Waals surface area contributed by atoms with Crippen molar-refractivity contribution >= 4 is 5.70 Å². The van der Waals surface area contributed by atoms with Crippen molar-refractivity contribution in [3.63, 3.8) is 0 Å². The minimum Gasteiger partial charge on any atom is -0.491 e. The van der Waals surface area contributed by atoms with E-state index in [4.69, 9.17) is 4.74 Å². The summed E-state index contributed by atoms with van der Waals surface area (Å²) in [6, 6.07) is 2.00. The van der Waals surface area contributed by atoms with E-state index in [1.807, 2.05) is 36.0 Å². The second-order valence-electron chi connectivity index (χ2n) is 6.71. The number of methoxy groups -OCH3 is 1. The Morgan fingerprint density at radius 1 is 1.33 bits per heavy atom. The van der Waals surface area contributed by atoms with E-state index in [1.54, 1.807) is 40.1 Å². The van der Waals surface area contributed by atoms with Crippen LogP contribution < -0.4 is 10.2 Å². The van der Waals surface area contributed by atoms with E-state index >= 15 is 0 Å². The minimum atomic E-state index is -0.320. The summed E-state index contributed by atoms with van der Waals surface area (Å²) in [5, 5.41) is 13.3. The van der Waals surface area contributed by atoms with Crippen LogP contribution in [0.1, 0.15) is 33.2 Å². The van der Waals surface area contributed by atoms with Gasteiger partial charge in [0.15, 0.2) is 11.4 Å². The van der Waals surface area contributed by atoms with E-state index in [0.29, 0.717) is 11.4 Å². The minimum absolute atomic E-state index is 0.182. The van der Waals surface area contributed by atoms with Gasteiger partial charge in [0, 0.05) is 6.04 Å². The van der Waals surface area contributed by atoms with Crippen LogP contribution in [0.4, 0.5) is 0 Å². The van der Waals surface area contributed by atoms with Crippen LogP contribution in [0, 0.1) is 0 Å². The number of aromatic nitrogens is 6. The monoisotopic (exact) mass is 406 g/mol. The number of ether oxygens (including phenoxy) is 1. The number of hydrogen-bond donors (Lipinski definition) is 0. The average Bonchev–Trinajstić information content (AvgIpc) is 3.44. The van der Waals surface area contributed by atoms with Crippen molar-refractivity contribution in [3.05, 3.63) is 72.0 Å². The van der Waals surface area contributed by atoms with Crippen molar-refractivity contribution in [1.82, 2.24) is 29.3 Å². The van der Waals surface area contributed by atoms with Crippen LogP contribution in [0.2, 0.25) is 0 Å². The summed E-state index contributed by atoms with van der Waals surface area (Å²) in [7, 11) is 1.46. The normalized spacial score (nSPS) is 13.0. The van der Waals surface area contributed by atoms with E-state index in [-0.39, 0.29) is 22.9 Å². The molecular weight excluding hydrogens is 380 g/mol. The van der Waals surface area contributed by atoms with Gasteiger partial charge in [0.1, 0.15) is 5.69 Å². The fourth-order valence-electron chi connectivity index (χ4n) is 2.90. The standard InChI is InChI=1S/C22H26N6O2/c1-6-9-10-17(8-3)28-19(11-12-23-28)21-22(29)20(30-5)15-27(25-21)18-13-24-26(14-18)16(4)7-2/h6,8-16H,3,7H2,1-2,4-5H3/b9-6-,17-10+. The highest BCUT2D eigenvalue weighted by Crippen LogP contribution is 2.21. The van der Waals surface area contributed by atoms with E-state index in [0.717, 1.165) is 12.1 Å². The molecule has 3 rings (SSSR count). The zero-order chi connectivity index (χ0) is 21.7. The van der Waals surface area contributed by atoms with Crippen molar-refractivity contribution in [2.24, 2.45) is 0 Å². The Bertz CT molecular complexity index is 1150. The molecule has 30 heavy (non-hydrogen) atoms. The third-order valence-electron chi connectivity index (χ3n) is 4.80.